The number of nitrogens with zero attached hydrogens (tertiary/aromatic N) is 2. The standard InChI is InChI=1S/C23H22N2O5S/c1-28-15-9-7-14(8-10-15)23(27)13-31-22-18(12-24)17(11-20(26)25(22)23)16-5-4-6-19(29-2)21(16)30-3/h4-10,17,27H,11,13H2,1-3H3/t17-,23-/m0/s1. The maximum absolute atomic E-state index is 13.3. The van der Waals surface area contributed by atoms with E-state index in [0.29, 0.717) is 39.0 Å². The fourth-order valence-electron chi connectivity index (χ4n) is 4.15. The van der Waals surface area contributed by atoms with Crippen LogP contribution in [0.5, 0.6) is 17.2 Å². The number of ether oxygens (including phenoxy) is 3. The van der Waals surface area contributed by atoms with Crippen LogP contribution in [0.3, 0.4) is 0 Å². The van der Waals surface area contributed by atoms with Crippen molar-refractivity contribution in [2.45, 2.75) is 18.1 Å². The van der Waals surface area contributed by atoms with Crippen LogP contribution in [0.1, 0.15) is 23.5 Å². The van der Waals surface area contributed by atoms with Crippen molar-refractivity contribution in [2.75, 3.05) is 27.1 Å². The molecule has 1 saturated heterocycles. The zero-order valence-corrected chi connectivity index (χ0v) is 18.2. The Morgan fingerprint density at radius 1 is 1.13 bits per heavy atom. The molecule has 1 N–H and O–H groups in total. The van der Waals surface area contributed by atoms with Gasteiger partial charge >= 0.3 is 0 Å². The van der Waals surface area contributed by atoms with E-state index in [2.05, 4.69) is 6.07 Å². The van der Waals surface area contributed by atoms with Gasteiger partial charge in [-0.25, -0.2) is 0 Å². The van der Waals surface area contributed by atoms with Gasteiger partial charge < -0.3 is 19.3 Å². The maximum Gasteiger partial charge on any atom is 0.231 e. The number of para-hydroxylation sites is 1. The molecule has 160 valence electrons. The number of carbonyl (C=O) groups excluding carboxylic acids is 1. The number of amides is 1. The third-order valence-electron chi connectivity index (χ3n) is 5.67. The number of hydrogen-bond acceptors (Lipinski definition) is 7. The van der Waals surface area contributed by atoms with E-state index in [4.69, 9.17) is 14.2 Å². The number of benzene rings is 2. The Bertz CT molecular complexity index is 1090. The molecular weight excluding hydrogens is 416 g/mol. The van der Waals surface area contributed by atoms with Crippen molar-refractivity contribution in [3.05, 3.63) is 64.2 Å². The lowest BCUT2D eigenvalue weighted by Gasteiger charge is -2.38. The zero-order valence-electron chi connectivity index (χ0n) is 17.4. The molecule has 0 aliphatic carbocycles. The largest absolute Gasteiger partial charge is 0.497 e. The van der Waals surface area contributed by atoms with Crippen LogP contribution in [0.15, 0.2) is 53.1 Å². The van der Waals surface area contributed by atoms with Crippen LogP contribution in [0, 0.1) is 11.3 Å². The Morgan fingerprint density at radius 2 is 1.87 bits per heavy atom. The van der Waals surface area contributed by atoms with Crippen molar-refractivity contribution in [2.24, 2.45) is 0 Å². The smallest absolute Gasteiger partial charge is 0.231 e. The molecule has 7 nitrogen and oxygen atoms in total. The van der Waals surface area contributed by atoms with E-state index in [1.165, 1.54) is 23.8 Å². The monoisotopic (exact) mass is 438 g/mol. The van der Waals surface area contributed by atoms with E-state index < -0.39 is 11.6 Å². The van der Waals surface area contributed by atoms with Crippen LogP contribution in [-0.2, 0) is 10.5 Å². The lowest BCUT2D eigenvalue weighted by molar-refractivity contribution is -0.149. The molecule has 0 aromatic heterocycles. The lowest BCUT2D eigenvalue weighted by atomic mass is 9.84. The van der Waals surface area contributed by atoms with Crippen molar-refractivity contribution in [3.8, 4) is 23.3 Å². The first-order chi connectivity index (χ1) is 15.0. The molecule has 4 rings (SSSR count). The maximum atomic E-state index is 13.3. The first kappa shape index (κ1) is 21.1. The number of carbonyl (C=O) groups is 1. The average Bonchev–Trinajstić information content (AvgIpc) is 3.17. The van der Waals surface area contributed by atoms with Gasteiger partial charge in [0.15, 0.2) is 17.2 Å². The van der Waals surface area contributed by atoms with Gasteiger partial charge in [0.25, 0.3) is 0 Å². The fraction of sp³-hybridized carbons (Fsp3) is 0.304. The van der Waals surface area contributed by atoms with Gasteiger partial charge in [-0.2, -0.15) is 5.26 Å². The van der Waals surface area contributed by atoms with Crippen LogP contribution in [0.25, 0.3) is 0 Å². The molecular formula is C23H22N2O5S. The number of thioether (sulfide) groups is 1. The molecule has 1 amide bonds. The second kappa shape index (κ2) is 8.17. The summed E-state index contributed by atoms with van der Waals surface area (Å²) >= 11 is 1.31. The van der Waals surface area contributed by atoms with Gasteiger partial charge in [0.1, 0.15) is 5.75 Å². The average molecular weight is 439 g/mol. The molecule has 2 aromatic carbocycles. The number of fused-ring (bicyclic) bond motifs is 1. The molecule has 31 heavy (non-hydrogen) atoms. The molecule has 2 heterocycles. The van der Waals surface area contributed by atoms with E-state index in [1.807, 2.05) is 12.1 Å². The molecule has 2 aromatic rings. The Hall–Kier alpha value is -3.15. The molecule has 2 atom stereocenters. The summed E-state index contributed by atoms with van der Waals surface area (Å²) in [6.45, 7) is 0. The normalized spacial score (nSPS) is 22.7. The number of hydrogen-bond donors (Lipinski definition) is 1. The molecule has 0 radical (unpaired) electrons. The summed E-state index contributed by atoms with van der Waals surface area (Å²) in [5, 5.41) is 22.0. The van der Waals surface area contributed by atoms with Crippen molar-refractivity contribution in [1.29, 1.82) is 5.26 Å². The molecule has 2 aliphatic heterocycles. The van der Waals surface area contributed by atoms with Crippen LogP contribution >= 0.6 is 11.8 Å². The second-order valence-corrected chi connectivity index (χ2v) is 8.20. The predicted molar refractivity (Wildman–Crippen MR) is 116 cm³/mol. The number of aliphatic hydroxyl groups is 1. The number of allylic oxidation sites excluding steroid dienone is 1. The van der Waals surface area contributed by atoms with Gasteiger partial charge in [-0.1, -0.05) is 24.3 Å². The molecule has 0 bridgehead atoms. The first-order valence-corrected chi connectivity index (χ1v) is 10.6. The van der Waals surface area contributed by atoms with Gasteiger partial charge in [0, 0.05) is 23.5 Å². The van der Waals surface area contributed by atoms with Gasteiger partial charge in [0.05, 0.1) is 43.8 Å². The van der Waals surface area contributed by atoms with Crippen LogP contribution in [-0.4, -0.2) is 43.0 Å². The number of rotatable bonds is 5. The third kappa shape index (κ3) is 3.30. The van der Waals surface area contributed by atoms with Crippen molar-refractivity contribution in [3.63, 3.8) is 0 Å². The van der Waals surface area contributed by atoms with E-state index in [1.54, 1.807) is 44.6 Å². The highest BCUT2D eigenvalue weighted by molar-refractivity contribution is 8.03. The zero-order chi connectivity index (χ0) is 22.2. The molecule has 2 aliphatic rings. The van der Waals surface area contributed by atoms with E-state index in [-0.39, 0.29) is 18.1 Å². The summed E-state index contributed by atoms with van der Waals surface area (Å²) in [5.74, 6) is 1.17. The van der Waals surface area contributed by atoms with E-state index in [9.17, 15) is 15.2 Å². The molecule has 8 heteroatoms. The summed E-state index contributed by atoms with van der Waals surface area (Å²) in [5.41, 5.74) is 0.174. The Kier molecular flexibility index (Phi) is 5.56. The SMILES string of the molecule is COc1ccc([C@@]2(O)CSC3=C(C#N)[C@H](c4cccc(OC)c4OC)CC(=O)N32)cc1. The van der Waals surface area contributed by atoms with Crippen molar-refractivity contribution < 1.29 is 24.1 Å². The molecule has 1 fully saturated rings. The van der Waals surface area contributed by atoms with Gasteiger partial charge in [0.2, 0.25) is 5.91 Å². The third-order valence-corrected chi connectivity index (χ3v) is 6.89. The van der Waals surface area contributed by atoms with Gasteiger partial charge in [-0.05, 0) is 18.2 Å². The highest BCUT2D eigenvalue weighted by Crippen LogP contribution is 2.53. The van der Waals surface area contributed by atoms with Gasteiger partial charge in [-0.15, -0.1) is 11.8 Å². The second-order valence-electron chi connectivity index (χ2n) is 7.23. The topological polar surface area (TPSA) is 92.0 Å². The van der Waals surface area contributed by atoms with Crippen LogP contribution < -0.4 is 14.2 Å². The fourth-order valence-corrected chi connectivity index (χ4v) is 5.51. The minimum absolute atomic E-state index is 0.0367. The summed E-state index contributed by atoms with van der Waals surface area (Å²) in [4.78, 5) is 14.7. The summed E-state index contributed by atoms with van der Waals surface area (Å²) in [6.07, 6.45) is 0.0367. The van der Waals surface area contributed by atoms with E-state index in [0.717, 1.165) is 0 Å². The first-order valence-electron chi connectivity index (χ1n) is 9.66. The number of nitriles is 1. The van der Waals surface area contributed by atoms with Crippen molar-refractivity contribution >= 4 is 17.7 Å². The Labute approximate surface area is 184 Å². The highest BCUT2D eigenvalue weighted by Gasteiger charge is 2.52. The minimum atomic E-state index is -1.53. The summed E-state index contributed by atoms with van der Waals surface area (Å²) in [6, 6.07) is 14.6. The quantitative estimate of drug-likeness (QED) is 0.765. The lowest BCUT2D eigenvalue weighted by Crippen LogP contribution is -2.48. The summed E-state index contributed by atoms with van der Waals surface area (Å²) < 4.78 is 16.1. The van der Waals surface area contributed by atoms with Gasteiger partial charge in [-0.3, -0.25) is 9.69 Å². The molecule has 0 saturated carbocycles. The number of methoxy groups -OCH3 is 3. The minimum Gasteiger partial charge on any atom is -0.497 e. The molecule has 0 spiro atoms. The highest BCUT2D eigenvalue weighted by atomic mass is 32.2. The Balaban J connectivity index is 1.81. The Morgan fingerprint density at radius 3 is 2.48 bits per heavy atom. The van der Waals surface area contributed by atoms with Crippen molar-refractivity contribution in [1.82, 2.24) is 4.90 Å². The predicted octanol–water partition coefficient (Wildman–Crippen LogP) is 3.36. The van der Waals surface area contributed by atoms with E-state index >= 15 is 0 Å². The van der Waals surface area contributed by atoms with Crippen LogP contribution in [0.4, 0.5) is 0 Å². The summed E-state index contributed by atoms with van der Waals surface area (Å²) in [7, 11) is 4.64. The van der Waals surface area contributed by atoms with Crippen LogP contribution in [0.2, 0.25) is 0 Å². The molecule has 0 unspecified atom stereocenters.